The number of ketones is 1. The van der Waals surface area contributed by atoms with Crippen molar-refractivity contribution in [2.75, 3.05) is 32.1 Å². The van der Waals surface area contributed by atoms with Crippen molar-refractivity contribution in [1.82, 2.24) is 20.4 Å². The van der Waals surface area contributed by atoms with Gasteiger partial charge >= 0.3 is 6.09 Å². The maximum atomic E-state index is 13.9. The first-order chi connectivity index (χ1) is 21.0. The molecule has 2 aliphatic rings. The average Bonchev–Trinajstić information content (AvgIpc) is 3.59. The fourth-order valence-electron chi connectivity index (χ4n) is 5.85. The lowest BCUT2D eigenvalue weighted by molar-refractivity contribution is -0.138. The third-order valence-electron chi connectivity index (χ3n) is 8.16. The smallest absolute Gasteiger partial charge is 0.408 e. The highest BCUT2D eigenvalue weighted by Gasteiger charge is 2.53. The van der Waals surface area contributed by atoms with Gasteiger partial charge in [-0.1, -0.05) is 51.1 Å². The molecule has 4 rings (SSSR count). The molecule has 236 valence electrons. The van der Waals surface area contributed by atoms with Crippen molar-refractivity contribution in [3.8, 4) is 0 Å². The highest BCUT2D eigenvalue weighted by atomic mass is 16.5. The van der Waals surface area contributed by atoms with E-state index in [0.29, 0.717) is 24.8 Å². The van der Waals surface area contributed by atoms with Crippen molar-refractivity contribution in [2.45, 2.75) is 70.8 Å². The summed E-state index contributed by atoms with van der Waals surface area (Å²) in [5, 5.41) is 5.53. The number of hydrogen-bond donors (Lipinski definition) is 2. The minimum absolute atomic E-state index is 0.0662. The van der Waals surface area contributed by atoms with Gasteiger partial charge in [-0.2, -0.15) is 0 Å². The van der Waals surface area contributed by atoms with Gasteiger partial charge in [0.1, 0.15) is 24.7 Å². The minimum atomic E-state index is -0.874. The van der Waals surface area contributed by atoms with Crippen molar-refractivity contribution in [2.24, 2.45) is 5.92 Å². The fraction of sp³-hybridized carbons (Fsp3) is 0.485. The highest BCUT2D eigenvalue weighted by Crippen LogP contribution is 2.31. The van der Waals surface area contributed by atoms with E-state index in [1.807, 2.05) is 75.3 Å². The lowest BCUT2D eigenvalue weighted by atomic mass is 10.0. The summed E-state index contributed by atoms with van der Waals surface area (Å²) in [7, 11) is 3.82. The largest absolute Gasteiger partial charge is 0.445 e. The number of fused-ring (bicyclic) bond motifs is 1. The second-order valence-electron chi connectivity index (χ2n) is 12.0. The number of alkyl carbamates (subject to hydrolysis) is 1. The molecule has 0 saturated carbocycles. The van der Waals surface area contributed by atoms with Crippen LogP contribution >= 0.6 is 0 Å². The zero-order valence-electron chi connectivity index (χ0n) is 26.1. The molecule has 0 aromatic heterocycles. The van der Waals surface area contributed by atoms with Crippen LogP contribution in [0.5, 0.6) is 0 Å². The summed E-state index contributed by atoms with van der Waals surface area (Å²) in [6, 6.07) is 13.3. The molecule has 2 fully saturated rings. The number of ether oxygens (including phenoxy) is 1. The number of carbonyl (C=O) groups is 5. The summed E-state index contributed by atoms with van der Waals surface area (Å²) in [6.07, 6.45) is 0.417. The molecular weight excluding hydrogens is 562 g/mol. The topological polar surface area (TPSA) is 128 Å². The molecule has 0 unspecified atom stereocenters. The minimum Gasteiger partial charge on any atom is -0.445 e. The Hall–Kier alpha value is -4.41. The van der Waals surface area contributed by atoms with Crippen LogP contribution in [0.15, 0.2) is 54.6 Å². The molecule has 2 heterocycles. The fourth-order valence-corrected chi connectivity index (χ4v) is 5.85. The Morgan fingerprint density at radius 1 is 0.932 bits per heavy atom. The number of amides is 4. The summed E-state index contributed by atoms with van der Waals surface area (Å²) >= 11 is 0. The van der Waals surface area contributed by atoms with Crippen molar-refractivity contribution in [3.63, 3.8) is 0 Å². The Morgan fingerprint density at radius 2 is 1.59 bits per heavy atom. The van der Waals surface area contributed by atoms with Crippen LogP contribution in [-0.4, -0.2) is 90.8 Å². The maximum absolute atomic E-state index is 13.9. The normalized spacial score (nSPS) is 18.9. The van der Waals surface area contributed by atoms with Gasteiger partial charge in [0, 0.05) is 31.9 Å². The van der Waals surface area contributed by atoms with E-state index in [4.69, 9.17) is 4.74 Å². The van der Waals surface area contributed by atoms with Crippen molar-refractivity contribution in [1.29, 1.82) is 0 Å². The van der Waals surface area contributed by atoms with Crippen LogP contribution in [-0.2, 0) is 25.7 Å². The lowest BCUT2D eigenvalue weighted by Gasteiger charge is -2.29. The van der Waals surface area contributed by atoms with Crippen molar-refractivity contribution < 1.29 is 28.7 Å². The van der Waals surface area contributed by atoms with Crippen LogP contribution < -0.4 is 15.5 Å². The second kappa shape index (κ2) is 14.4. The van der Waals surface area contributed by atoms with E-state index in [1.165, 1.54) is 9.80 Å². The summed E-state index contributed by atoms with van der Waals surface area (Å²) < 4.78 is 5.29. The van der Waals surface area contributed by atoms with Crippen LogP contribution in [0.25, 0.3) is 0 Å². The lowest BCUT2D eigenvalue weighted by Crippen LogP contribution is -2.53. The number of anilines is 1. The van der Waals surface area contributed by atoms with Gasteiger partial charge in [0.15, 0.2) is 5.78 Å². The summed E-state index contributed by atoms with van der Waals surface area (Å²) in [5.41, 5.74) is 2.20. The first-order valence-corrected chi connectivity index (χ1v) is 15.2. The van der Waals surface area contributed by atoms with Gasteiger partial charge in [0.2, 0.25) is 11.8 Å². The molecule has 2 aliphatic heterocycles. The molecule has 0 aliphatic carbocycles. The Labute approximate surface area is 258 Å². The summed E-state index contributed by atoms with van der Waals surface area (Å²) in [4.78, 5) is 71.2. The predicted octanol–water partition coefficient (Wildman–Crippen LogP) is 2.98. The zero-order chi connectivity index (χ0) is 32.0. The molecule has 4 amide bonds. The number of carbonyl (C=O) groups excluding carboxylic acids is 5. The van der Waals surface area contributed by atoms with E-state index < -0.39 is 30.3 Å². The average molecular weight is 606 g/mol. The number of rotatable bonds is 11. The zero-order valence-corrected chi connectivity index (χ0v) is 26.1. The van der Waals surface area contributed by atoms with Gasteiger partial charge in [-0.05, 0) is 55.0 Å². The molecule has 44 heavy (non-hydrogen) atoms. The Balaban J connectivity index is 1.41. The molecule has 0 bridgehead atoms. The van der Waals surface area contributed by atoms with Crippen molar-refractivity contribution >= 4 is 35.3 Å². The summed E-state index contributed by atoms with van der Waals surface area (Å²) in [6.45, 7) is 5.91. The molecule has 0 radical (unpaired) electrons. The van der Waals surface area contributed by atoms with Crippen LogP contribution in [0.3, 0.4) is 0 Å². The molecule has 2 aromatic carbocycles. The molecular formula is C33H43N5O6. The number of nitrogens with zero attached hydrogens (tertiary/aromatic N) is 3. The number of Topliss-reactive ketones (excluding diaryl/α,β-unsaturated/α-hetero) is 1. The maximum Gasteiger partial charge on any atom is 0.408 e. The second-order valence-corrected chi connectivity index (χ2v) is 12.0. The molecule has 0 spiro atoms. The third kappa shape index (κ3) is 7.56. The first-order valence-electron chi connectivity index (χ1n) is 15.2. The molecule has 2 saturated heterocycles. The molecule has 11 heteroatoms. The van der Waals surface area contributed by atoms with Crippen molar-refractivity contribution in [3.05, 3.63) is 65.7 Å². The Kier molecular flexibility index (Phi) is 10.6. The van der Waals surface area contributed by atoms with Gasteiger partial charge in [-0.3, -0.25) is 19.2 Å². The van der Waals surface area contributed by atoms with E-state index in [9.17, 15) is 24.0 Å². The van der Waals surface area contributed by atoms with Gasteiger partial charge in [-0.15, -0.1) is 0 Å². The van der Waals surface area contributed by atoms with Gasteiger partial charge < -0.3 is 30.1 Å². The number of benzene rings is 2. The number of likely N-dealkylation sites (tertiary alicyclic amines) is 2. The van der Waals surface area contributed by atoms with Crippen LogP contribution in [0.2, 0.25) is 0 Å². The quantitative estimate of drug-likeness (QED) is 0.403. The molecule has 2 aromatic rings. The summed E-state index contributed by atoms with van der Waals surface area (Å²) in [5.74, 6) is -1.20. The van der Waals surface area contributed by atoms with Gasteiger partial charge in [-0.25, -0.2) is 4.79 Å². The Bertz CT molecular complexity index is 1350. The van der Waals surface area contributed by atoms with E-state index in [2.05, 4.69) is 10.6 Å². The van der Waals surface area contributed by atoms with E-state index >= 15 is 0 Å². The molecule has 11 nitrogen and oxygen atoms in total. The SMILES string of the molecule is CC[C@H](NC(=O)OCc1ccccc1)C(=O)N1CC(=O)[C@@H]2[C@H]1CCN2C(=O)[C@H](CC(C)C)NC(=O)c1ccc(N(C)C)cc1. The highest BCUT2D eigenvalue weighted by molar-refractivity contribution is 6.01. The monoisotopic (exact) mass is 605 g/mol. The Morgan fingerprint density at radius 3 is 2.20 bits per heavy atom. The first kappa shape index (κ1) is 32.5. The molecule has 2 N–H and O–H groups in total. The van der Waals surface area contributed by atoms with E-state index in [0.717, 1.165) is 11.3 Å². The van der Waals surface area contributed by atoms with Crippen LogP contribution in [0, 0.1) is 5.92 Å². The predicted molar refractivity (Wildman–Crippen MR) is 166 cm³/mol. The standard InChI is InChI=1S/C33H43N5O6/c1-6-25(35-33(43)44-20-22-10-8-7-9-11-22)31(41)38-19-28(39)29-27(38)16-17-37(29)32(42)26(18-21(2)3)34-30(40)23-12-14-24(15-13-23)36(4)5/h7-15,21,25-27,29H,6,16-20H2,1-5H3,(H,34,40)(H,35,43)/t25-,26-,27+,29-/m0/s1. The van der Waals surface area contributed by atoms with E-state index in [-0.39, 0.29) is 49.1 Å². The molecule has 4 atom stereocenters. The van der Waals surface area contributed by atoms with E-state index in [1.54, 1.807) is 19.1 Å². The third-order valence-corrected chi connectivity index (χ3v) is 8.16. The van der Waals surface area contributed by atoms with Crippen LogP contribution in [0.4, 0.5) is 10.5 Å². The van der Waals surface area contributed by atoms with Gasteiger partial charge in [0.25, 0.3) is 5.91 Å². The van der Waals surface area contributed by atoms with Gasteiger partial charge in [0.05, 0.1) is 12.6 Å². The number of hydrogen-bond acceptors (Lipinski definition) is 7. The number of nitrogens with one attached hydrogen (secondary N) is 2. The van der Waals surface area contributed by atoms with Crippen LogP contribution in [0.1, 0.15) is 56.0 Å².